The summed E-state index contributed by atoms with van der Waals surface area (Å²) in [4.78, 5) is 27.4. The molecular formula is C23H28ClN3O2. The maximum atomic E-state index is 12.9. The molecule has 154 valence electrons. The van der Waals surface area contributed by atoms with Crippen molar-refractivity contribution in [1.82, 2.24) is 10.2 Å². The van der Waals surface area contributed by atoms with Crippen LogP contribution in [0.25, 0.3) is 0 Å². The molecule has 0 unspecified atom stereocenters. The molecule has 29 heavy (non-hydrogen) atoms. The maximum absolute atomic E-state index is 12.9. The van der Waals surface area contributed by atoms with Crippen molar-refractivity contribution in [2.24, 2.45) is 5.41 Å². The van der Waals surface area contributed by atoms with E-state index in [9.17, 15) is 9.59 Å². The van der Waals surface area contributed by atoms with E-state index in [1.165, 1.54) is 5.56 Å². The number of carbonyl (C=O) groups excluding carboxylic acids is 2. The molecule has 6 heteroatoms. The molecule has 1 heterocycles. The van der Waals surface area contributed by atoms with Crippen LogP contribution in [0.1, 0.15) is 36.5 Å². The van der Waals surface area contributed by atoms with E-state index in [0.717, 1.165) is 24.0 Å². The van der Waals surface area contributed by atoms with Crippen molar-refractivity contribution in [1.29, 1.82) is 0 Å². The van der Waals surface area contributed by atoms with Gasteiger partial charge in [-0.15, -0.1) is 0 Å². The molecule has 0 bridgehead atoms. The number of piperidine rings is 1. The first-order valence-corrected chi connectivity index (χ1v) is 10.3. The molecule has 0 saturated carbocycles. The Balaban J connectivity index is 1.61. The highest BCUT2D eigenvalue weighted by Crippen LogP contribution is 2.30. The molecule has 5 nitrogen and oxygen atoms in total. The van der Waals surface area contributed by atoms with Gasteiger partial charge in [0.1, 0.15) is 0 Å². The minimum absolute atomic E-state index is 0.0190. The number of nitrogens with one attached hydrogen (secondary N) is 2. The zero-order valence-electron chi connectivity index (χ0n) is 17.2. The molecule has 0 spiro atoms. The van der Waals surface area contributed by atoms with Crippen molar-refractivity contribution in [3.05, 3.63) is 64.2 Å². The second-order valence-corrected chi connectivity index (χ2v) is 8.58. The second-order valence-electron chi connectivity index (χ2n) is 8.14. The van der Waals surface area contributed by atoms with E-state index in [2.05, 4.69) is 10.6 Å². The lowest BCUT2D eigenvalue weighted by Gasteiger charge is -2.39. The number of benzene rings is 2. The number of aryl methyl sites for hydroxylation is 2. The van der Waals surface area contributed by atoms with E-state index in [0.29, 0.717) is 30.3 Å². The molecule has 0 aliphatic carbocycles. The first-order chi connectivity index (χ1) is 13.8. The number of amides is 3. The summed E-state index contributed by atoms with van der Waals surface area (Å²) in [5.41, 5.74) is 3.28. The number of carbonyl (C=O) groups is 2. The van der Waals surface area contributed by atoms with Gasteiger partial charge in [-0.2, -0.15) is 0 Å². The van der Waals surface area contributed by atoms with Crippen molar-refractivity contribution >= 4 is 29.2 Å². The number of hydrogen-bond donors (Lipinski definition) is 2. The van der Waals surface area contributed by atoms with Gasteiger partial charge in [-0.05, 0) is 56.9 Å². The Morgan fingerprint density at radius 1 is 1.14 bits per heavy atom. The molecule has 1 saturated heterocycles. The maximum Gasteiger partial charge on any atom is 0.321 e. The molecule has 2 aromatic carbocycles. The number of halogens is 1. The topological polar surface area (TPSA) is 61.4 Å². The van der Waals surface area contributed by atoms with Crippen LogP contribution in [0.15, 0.2) is 42.5 Å². The second kappa shape index (κ2) is 8.87. The van der Waals surface area contributed by atoms with Crippen molar-refractivity contribution in [3.63, 3.8) is 0 Å². The summed E-state index contributed by atoms with van der Waals surface area (Å²) in [6, 6.07) is 13.3. The molecule has 0 aromatic heterocycles. The predicted octanol–water partition coefficient (Wildman–Crippen LogP) is 4.91. The third-order valence-electron chi connectivity index (χ3n) is 5.55. The highest BCUT2D eigenvalue weighted by atomic mass is 35.5. The summed E-state index contributed by atoms with van der Waals surface area (Å²) < 4.78 is 0. The zero-order valence-corrected chi connectivity index (χ0v) is 18.0. The fourth-order valence-corrected chi connectivity index (χ4v) is 3.80. The van der Waals surface area contributed by atoms with Crippen molar-refractivity contribution in [2.45, 2.75) is 40.2 Å². The van der Waals surface area contributed by atoms with Crippen LogP contribution in [0.3, 0.4) is 0 Å². The van der Waals surface area contributed by atoms with E-state index in [1.54, 1.807) is 17.0 Å². The molecule has 3 amide bonds. The SMILES string of the molecule is Cc1ccc(CNC(=O)[C@@]2(C)CCCN(C(=O)Nc3cc(Cl)ccc3C)C2)cc1. The first-order valence-electron chi connectivity index (χ1n) is 9.93. The largest absolute Gasteiger partial charge is 0.351 e. The molecular weight excluding hydrogens is 386 g/mol. The van der Waals surface area contributed by atoms with Gasteiger partial charge in [0.25, 0.3) is 0 Å². The molecule has 2 aromatic rings. The average molecular weight is 414 g/mol. The minimum Gasteiger partial charge on any atom is -0.351 e. The molecule has 1 aliphatic heterocycles. The van der Waals surface area contributed by atoms with E-state index in [-0.39, 0.29) is 11.9 Å². The smallest absolute Gasteiger partial charge is 0.321 e. The molecule has 3 rings (SSSR count). The Morgan fingerprint density at radius 3 is 2.59 bits per heavy atom. The summed E-state index contributed by atoms with van der Waals surface area (Å²) in [5, 5.41) is 6.54. The Hall–Kier alpha value is -2.53. The monoisotopic (exact) mass is 413 g/mol. The summed E-state index contributed by atoms with van der Waals surface area (Å²) in [7, 11) is 0. The van der Waals surface area contributed by atoms with Crippen LogP contribution in [-0.2, 0) is 11.3 Å². The Kier molecular flexibility index (Phi) is 6.48. The van der Waals surface area contributed by atoms with Gasteiger partial charge >= 0.3 is 6.03 Å². The van der Waals surface area contributed by atoms with Gasteiger partial charge in [0.2, 0.25) is 5.91 Å². The predicted molar refractivity (Wildman–Crippen MR) is 117 cm³/mol. The molecule has 0 radical (unpaired) electrons. The number of nitrogens with zero attached hydrogens (tertiary/aromatic N) is 1. The standard InChI is InChI=1S/C23H28ClN3O2/c1-16-5-8-18(9-6-16)14-25-21(28)23(3)11-4-12-27(15-23)22(29)26-20-13-19(24)10-7-17(20)2/h5-10,13H,4,11-12,14-15H2,1-3H3,(H,25,28)(H,26,29)/t23-/m0/s1. The summed E-state index contributed by atoms with van der Waals surface area (Å²) in [6.45, 7) is 7.40. The van der Waals surface area contributed by atoms with Crippen LogP contribution in [0.2, 0.25) is 5.02 Å². The van der Waals surface area contributed by atoms with E-state index in [4.69, 9.17) is 11.6 Å². The van der Waals surface area contributed by atoms with Gasteiger partial charge in [-0.1, -0.05) is 47.5 Å². The van der Waals surface area contributed by atoms with E-state index >= 15 is 0 Å². The zero-order chi connectivity index (χ0) is 21.0. The Bertz CT molecular complexity index is 897. The van der Waals surface area contributed by atoms with Crippen molar-refractivity contribution in [3.8, 4) is 0 Å². The third-order valence-corrected chi connectivity index (χ3v) is 5.78. The van der Waals surface area contributed by atoms with Crippen molar-refractivity contribution < 1.29 is 9.59 Å². The average Bonchev–Trinajstić information content (AvgIpc) is 2.70. The third kappa shape index (κ3) is 5.30. The van der Waals surface area contributed by atoms with Gasteiger partial charge in [0.15, 0.2) is 0 Å². The Morgan fingerprint density at radius 2 is 1.86 bits per heavy atom. The summed E-state index contributed by atoms with van der Waals surface area (Å²) in [5.74, 6) is -0.0190. The number of urea groups is 1. The van der Waals surface area contributed by atoms with E-state index in [1.807, 2.05) is 51.1 Å². The van der Waals surface area contributed by atoms with Crippen LogP contribution in [0.4, 0.5) is 10.5 Å². The van der Waals surface area contributed by atoms with Crippen LogP contribution >= 0.6 is 11.6 Å². The molecule has 1 atom stereocenters. The number of hydrogen-bond acceptors (Lipinski definition) is 2. The van der Waals surface area contributed by atoms with Crippen LogP contribution < -0.4 is 10.6 Å². The lowest BCUT2D eigenvalue weighted by Crippen LogP contribution is -2.52. The van der Waals surface area contributed by atoms with Crippen LogP contribution in [0.5, 0.6) is 0 Å². The molecule has 1 fully saturated rings. The number of likely N-dealkylation sites (tertiary alicyclic amines) is 1. The van der Waals surface area contributed by atoms with Crippen LogP contribution in [-0.4, -0.2) is 29.9 Å². The van der Waals surface area contributed by atoms with Gasteiger partial charge in [0.05, 0.1) is 5.41 Å². The number of rotatable bonds is 4. The van der Waals surface area contributed by atoms with Gasteiger partial charge < -0.3 is 15.5 Å². The summed E-state index contributed by atoms with van der Waals surface area (Å²) >= 11 is 6.05. The van der Waals surface area contributed by atoms with Crippen LogP contribution in [0, 0.1) is 19.3 Å². The van der Waals surface area contributed by atoms with E-state index < -0.39 is 5.41 Å². The normalized spacial score (nSPS) is 19.0. The quantitative estimate of drug-likeness (QED) is 0.748. The fraction of sp³-hybridized carbons (Fsp3) is 0.391. The minimum atomic E-state index is -0.607. The highest BCUT2D eigenvalue weighted by molar-refractivity contribution is 6.31. The fourth-order valence-electron chi connectivity index (χ4n) is 3.62. The van der Waals surface area contributed by atoms with Gasteiger partial charge in [-0.3, -0.25) is 4.79 Å². The van der Waals surface area contributed by atoms with Gasteiger partial charge in [0, 0.05) is 30.3 Å². The summed E-state index contributed by atoms with van der Waals surface area (Å²) in [6.07, 6.45) is 1.54. The lowest BCUT2D eigenvalue weighted by molar-refractivity contribution is -0.132. The lowest BCUT2D eigenvalue weighted by atomic mass is 9.81. The van der Waals surface area contributed by atoms with Gasteiger partial charge in [-0.25, -0.2) is 4.79 Å². The Labute approximate surface area is 177 Å². The van der Waals surface area contributed by atoms with Crippen molar-refractivity contribution in [2.75, 3.05) is 18.4 Å². The first kappa shape index (κ1) is 21.2. The molecule has 1 aliphatic rings. The highest BCUT2D eigenvalue weighted by Gasteiger charge is 2.39. The molecule has 2 N–H and O–H groups in total. The number of anilines is 1.